The van der Waals surface area contributed by atoms with Gasteiger partial charge in [0.2, 0.25) is 0 Å². The Hall–Kier alpha value is -0.640. The van der Waals surface area contributed by atoms with Crippen molar-refractivity contribution in [3.8, 4) is 0 Å². The van der Waals surface area contributed by atoms with Crippen LogP contribution in [0.1, 0.15) is 49.8 Å². The molecule has 0 spiro atoms. The number of aromatic nitrogens is 2. The third-order valence-electron chi connectivity index (χ3n) is 4.47. The van der Waals surface area contributed by atoms with Crippen LogP contribution in [0.25, 0.3) is 0 Å². The highest BCUT2D eigenvalue weighted by Crippen LogP contribution is 2.32. The van der Waals surface area contributed by atoms with Gasteiger partial charge in [-0.15, -0.1) is 0 Å². The minimum atomic E-state index is 0.693. The van der Waals surface area contributed by atoms with Crippen LogP contribution >= 0.6 is 15.9 Å². The normalized spacial score (nSPS) is 19.4. The van der Waals surface area contributed by atoms with Crippen molar-refractivity contribution in [3.63, 3.8) is 0 Å². The average molecular weight is 324 g/mol. The average Bonchev–Trinajstić information content (AvgIpc) is 2.98. The summed E-state index contributed by atoms with van der Waals surface area (Å²) in [6.07, 6.45) is 12.0. The minimum absolute atomic E-state index is 0.693. The molecule has 1 aromatic rings. The highest BCUT2D eigenvalue weighted by atomic mass is 79.9. The zero-order chi connectivity index (χ0) is 13.1. The van der Waals surface area contributed by atoms with Crippen LogP contribution in [0, 0.1) is 0 Å². The Morgan fingerprint density at radius 1 is 1.11 bits per heavy atom. The largest absolute Gasteiger partial charge is 0.352 e. The number of alkyl halides is 1. The number of anilines is 1. The molecule has 1 heterocycles. The van der Waals surface area contributed by atoms with E-state index >= 15 is 0 Å². The van der Waals surface area contributed by atoms with E-state index in [2.05, 4.69) is 30.8 Å². The topological polar surface area (TPSA) is 29.0 Å². The molecule has 0 aromatic carbocycles. The summed E-state index contributed by atoms with van der Waals surface area (Å²) in [5, 5.41) is 1.02. The Morgan fingerprint density at radius 3 is 2.68 bits per heavy atom. The van der Waals surface area contributed by atoms with Crippen molar-refractivity contribution in [2.75, 3.05) is 16.8 Å². The predicted molar refractivity (Wildman–Crippen MR) is 82.1 cm³/mol. The molecular formula is C15H22BrN3. The van der Waals surface area contributed by atoms with Crippen molar-refractivity contribution in [2.45, 2.75) is 57.4 Å². The summed E-state index contributed by atoms with van der Waals surface area (Å²) in [6, 6.07) is 0.693. The number of halogens is 1. The van der Waals surface area contributed by atoms with Gasteiger partial charge in [0.1, 0.15) is 12.1 Å². The highest BCUT2D eigenvalue weighted by Gasteiger charge is 2.27. The maximum atomic E-state index is 4.65. The van der Waals surface area contributed by atoms with Gasteiger partial charge < -0.3 is 4.90 Å². The van der Waals surface area contributed by atoms with Gasteiger partial charge in [-0.2, -0.15) is 0 Å². The molecular weight excluding hydrogens is 302 g/mol. The van der Waals surface area contributed by atoms with Crippen LogP contribution in [-0.2, 0) is 12.8 Å². The molecule has 0 N–H and O–H groups in total. The number of fused-ring (bicyclic) bond motifs is 1. The van der Waals surface area contributed by atoms with Crippen molar-refractivity contribution in [1.82, 2.24) is 9.97 Å². The number of hydrogen-bond acceptors (Lipinski definition) is 3. The van der Waals surface area contributed by atoms with E-state index in [1.165, 1.54) is 55.6 Å². The van der Waals surface area contributed by atoms with E-state index in [0.29, 0.717) is 6.04 Å². The van der Waals surface area contributed by atoms with Gasteiger partial charge in [0.25, 0.3) is 0 Å². The Labute approximate surface area is 124 Å². The molecule has 1 saturated carbocycles. The van der Waals surface area contributed by atoms with Gasteiger partial charge in [-0.1, -0.05) is 28.8 Å². The first kappa shape index (κ1) is 13.3. The summed E-state index contributed by atoms with van der Waals surface area (Å²) < 4.78 is 0. The van der Waals surface area contributed by atoms with E-state index < -0.39 is 0 Å². The SMILES string of the molecule is BrCCN(c1ncnc2c1CCCC2)C1CCCC1. The van der Waals surface area contributed by atoms with Gasteiger partial charge in [-0.3, -0.25) is 0 Å². The lowest BCUT2D eigenvalue weighted by atomic mass is 9.96. The number of nitrogens with zero attached hydrogens (tertiary/aromatic N) is 3. The van der Waals surface area contributed by atoms with Gasteiger partial charge in [-0.25, -0.2) is 9.97 Å². The smallest absolute Gasteiger partial charge is 0.135 e. The first-order chi connectivity index (χ1) is 9.40. The maximum absolute atomic E-state index is 4.65. The quantitative estimate of drug-likeness (QED) is 0.794. The third kappa shape index (κ3) is 2.78. The monoisotopic (exact) mass is 323 g/mol. The van der Waals surface area contributed by atoms with Crippen LogP contribution in [0.2, 0.25) is 0 Å². The van der Waals surface area contributed by atoms with Crippen molar-refractivity contribution >= 4 is 21.7 Å². The molecule has 0 bridgehead atoms. The second kappa shape index (κ2) is 6.21. The Bertz CT molecular complexity index is 429. The molecule has 1 fully saturated rings. The first-order valence-electron chi connectivity index (χ1n) is 7.55. The van der Waals surface area contributed by atoms with E-state index in [9.17, 15) is 0 Å². The molecule has 0 unspecified atom stereocenters. The van der Waals surface area contributed by atoms with E-state index in [0.717, 1.165) is 24.7 Å². The number of rotatable bonds is 4. The minimum Gasteiger partial charge on any atom is -0.352 e. The standard InChI is InChI=1S/C15H22BrN3/c16-9-10-19(12-5-1-2-6-12)15-13-7-3-4-8-14(13)17-11-18-15/h11-12H,1-10H2. The molecule has 0 saturated heterocycles. The second-order valence-corrected chi connectivity index (χ2v) is 6.44. The summed E-state index contributed by atoms with van der Waals surface area (Å²) in [5.41, 5.74) is 2.73. The Balaban J connectivity index is 1.92. The fourth-order valence-corrected chi connectivity index (χ4v) is 3.90. The number of hydrogen-bond donors (Lipinski definition) is 0. The Morgan fingerprint density at radius 2 is 1.89 bits per heavy atom. The maximum Gasteiger partial charge on any atom is 0.135 e. The Kier molecular flexibility index (Phi) is 4.36. The molecule has 4 heteroatoms. The van der Waals surface area contributed by atoms with Crippen LogP contribution in [0.5, 0.6) is 0 Å². The van der Waals surface area contributed by atoms with Crippen molar-refractivity contribution in [2.24, 2.45) is 0 Å². The lowest BCUT2D eigenvalue weighted by molar-refractivity contribution is 0.598. The molecule has 2 aliphatic rings. The molecule has 0 atom stereocenters. The summed E-state index contributed by atoms with van der Waals surface area (Å²) in [7, 11) is 0. The molecule has 2 aliphatic carbocycles. The molecule has 19 heavy (non-hydrogen) atoms. The summed E-state index contributed by atoms with van der Waals surface area (Å²) >= 11 is 3.61. The molecule has 104 valence electrons. The predicted octanol–water partition coefficient (Wildman–Crippen LogP) is 3.50. The molecule has 0 radical (unpaired) electrons. The summed E-state index contributed by atoms with van der Waals surface area (Å²) in [4.78, 5) is 11.7. The van der Waals surface area contributed by atoms with Crippen LogP contribution in [0.15, 0.2) is 6.33 Å². The van der Waals surface area contributed by atoms with Gasteiger partial charge in [0, 0.05) is 29.2 Å². The van der Waals surface area contributed by atoms with E-state index in [4.69, 9.17) is 0 Å². The van der Waals surface area contributed by atoms with Crippen LogP contribution in [0.4, 0.5) is 5.82 Å². The van der Waals surface area contributed by atoms with Gasteiger partial charge in [-0.05, 0) is 38.5 Å². The fraction of sp³-hybridized carbons (Fsp3) is 0.733. The van der Waals surface area contributed by atoms with E-state index in [-0.39, 0.29) is 0 Å². The molecule has 0 aliphatic heterocycles. The fourth-order valence-electron chi connectivity index (χ4n) is 3.52. The summed E-state index contributed by atoms with van der Waals surface area (Å²) in [5.74, 6) is 1.23. The van der Waals surface area contributed by atoms with Crippen LogP contribution in [0.3, 0.4) is 0 Å². The van der Waals surface area contributed by atoms with Crippen molar-refractivity contribution < 1.29 is 0 Å². The van der Waals surface area contributed by atoms with Crippen molar-refractivity contribution in [3.05, 3.63) is 17.6 Å². The number of aryl methyl sites for hydroxylation is 1. The first-order valence-corrected chi connectivity index (χ1v) is 8.67. The third-order valence-corrected chi connectivity index (χ3v) is 4.82. The highest BCUT2D eigenvalue weighted by molar-refractivity contribution is 9.09. The van der Waals surface area contributed by atoms with E-state index in [1.54, 1.807) is 6.33 Å². The zero-order valence-corrected chi connectivity index (χ0v) is 13.0. The molecule has 0 amide bonds. The zero-order valence-electron chi connectivity index (χ0n) is 11.4. The lowest BCUT2D eigenvalue weighted by Gasteiger charge is -2.32. The van der Waals surface area contributed by atoms with Gasteiger partial charge in [0.05, 0.1) is 0 Å². The second-order valence-electron chi connectivity index (χ2n) is 5.65. The molecule has 3 nitrogen and oxygen atoms in total. The molecule has 1 aromatic heterocycles. The van der Waals surface area contributed by atoms with Crippen LogP contribution < -0.4 is 4.90 Å². The van der Waals surface area contributed by atoms with Crippen LogP contribution in [-0.4, -0.2) is 27.9 Å². The lowest BCUT2D eigenvalue weighted by Crippen LogP contribution is -2.37. The van der Waals surface area contributed by atoms with Gasteiger partial charge >= 0.3 is 0 Å². The van der Waals surface area contributed by atoms with Gasteiger partial charge in [0.15, 0.2) is 0 Å². The summed E-state index contributed by atoms with van der Waals surface area (Å²) in [6.45, 7) is 1.06. The molecule has 3 rings (SSSR count). The van der Waals surface area contributed by atoms with E-state index in [1.807, 2.05) is 0 Å². The van der Waals surface area contributed by atoms with Crippen molar-refractivity contribution in [1.29, 1.82) is 0 Å².